The summed E-state index contributed by atoms with van der Waals surface area (Å²) in [5.74, 6) is -0.795. The Morgan fingerprint density at radius 2 is 1.86 bits per heavy atom. The first-order valence-corrected chi connectivity index (χ1v) is 6.58. The number of hydrogen-bond donors (Lipinski definition) is 1. The van der Waals surface area contributed by atoms with Crippen molar-refractivity contribution in [3.8, 4) is 5.75 Å². The molecule has 118 valence electrons. The van der Waals surface area contributed by atoms with Crippen LogP contribution in [0.3, 0.4) is 0 Å². The normalized spacial score (nSPS) is 14.7. The number of carbonyl (C=O) groups is 1. The van der Waals surface area contributed by atoms with E-state index in [2.05, 4.69) is 4.74 Å². The number of carbonyl (C=O) groups excluding carboxylic acids is 1. The molecule has 0 aliphatic carbocycles. The van der Waals surface area contributed by atoms with E-state index in [0.29, 0.717) is 0 Å². The van der Waals surface area contributed by atoms with Crippen LogP contribution in [0, 0.1) is 5.41 Å². The molecule has 1 rings (SSSR count). The molecule has 1 unspecified atom stereocenters. The van der Waals surface area contributed by atoms with Crippen molar-refractivity contribution < 1.29 is 28.2 Å². The molecule has 1 aromatic carbocycles. The number of hydrogen-bond acceptors (Lipinski definition) is 4. The van der Waals surface area contributed by atoms with Gasteiger partial charge in [0, 0.05) is 5.56 Å². The third-order valence-electron chi connectivity index (χ3n) is 3.63. The highest BCUT2D eigenvalue weighted by molar-refractivity contribution is 5.78. The summed E-state index contributed by atoms with van der Waals surface area (Å²) in [5.41, 5.74) is -2.99. The second-order valence-corrected chi connectivity index (χ2v) is 5.29. The molecule has 0 bridgehead atoms. The van der Waals surface area contributed by atoms with E-state index in [1.54, 1.807) is 13.0 Å². The first-order valence-electron chi connectivity index (χ1n) is 6.58. The third-order valence-corrected chi connectivity index (χ3v) is 3.63. The van der Waals surface area contributed by atoms with E-state index in [1.165, 1.54) is 39.0 Å². The lowest BCUT2D eigenvalue weighted by Gasteiger charge is -2.38. The van der Waals surface area contributed by atoms with Gasteiger partial charge < -0.3 is 14.6 Å². The molecule has 0 amide bonds. The van der Waals surface area contributed by atoms with E-state index in [4.69, 9.17) is 4.74 Å². The van der Waals surface area contributed by atoms with Crippen LogP contribution in [0.4, 0.5) is 8.78 Å². The molecule has 0 aliphatic heterocycles. The van der Waals surface area contributed by atoms with Crippen LogP contribution < -0.4 is 4.74 Å². The van der Waals surface area contributed by atoms with E-state index in [9.17, 15) is 18.7 Å². The maximum absolute atomic E-state index is 12.5. The summed E-state index contributed by atoms with van der Waals surface area (Å²) in [6, 6.07) is 5.84. The van der Waals surface area contributed by atoms with Gasteiger partial charge in [-0.25, -0.2) is 0 Å². The Morgan fingerprint density at radius 3 is 2.38 bits per heavy atom. The van der Waals surface area contributed by atoms with Gasteiger partial charge in [0.25, 0.3) is 0 Å². The summed E-state index contributed by atoms with van der Waals surface area (Å²) in [6.45, 7) is 3.14. The van der Waals surface area contributed by atoms with Gasteiger partial charge in [0.05, 0.1) is 12.0 Å². The van der Waals surface area contributed by atoms with Crippen molar-refractivity contribution >= 4 is 5.97 Å². The van der Waals surface area contributed by atoms with Crippen molar-refractivity contribution in [3.63, 3.8) is 0 Å². The zero-order valence-corrected chi connectivity index (χ0v) is 12.5. The number of para-hydroxylation sites is 1. The smallest absolute Gasteiger partial charge is 0.387 e. The van der Waals surface area contributed by atoms with Crippen molar-refractivity contribution in [1.29, 1.82) is 0 Å². The van der Waals surface area contributed by atoms with Crippen LogP contribution in [0.5, 0.6) is 5.75 Å². The molecule has 6 heteroatoms. The fourth-order valence-electron chi connectivity index (χ4n) is 1.91. The Morgan fingerprint density at radius 1 is 1.29 bits per heavy atom. The van der Waals surface area contributed by atoms with Crippen molar-refractivity contribution in [2.45, 2.75) is 39.9 Å². The maximum atomic E-state index is 12.5. The van der Waals surface area contributed by atoms with Crippen molar-refractivity contribution in [2.75, 3.05) is 6.61 Å². The van der Waals surface area contributed by atoms with Crippen LogP contribution in [0.1, 0.15) is 33.3 Å². The second-order valence-electron chi connectivity index (χ2n) is 5.29. The zero-order chi connectivity index (χ0) is 16.3. The molecule has 0 spiro atoms. The van der Waals surface area contributed by atoms with Gasteiger partial charge in [-0.3, -0.25) is 4.79 Å². The summed E-state index contributed by atoms with van der Waals surface area (Å²) < 4.78 is 34.3. The van der Waals surface area contributed by atoms with Crippen LogP contribution in [-0.4, -0.2) is 24.3 Å². The molecule has 0 aliphatic rings. The lowest BCUT2D eigenvalue weighted by Crippen LogP contribution is -2.46. The van der Waals surface area contributed by atoms with E-state index in [0.717, 1.165) is 0 Å². The molecular formula is C15H20F2O4. The van der Waals surface area contributed by atoms with Gasteiger partial charge in [0.1, 0.15) is 11.4 Å². The van der Waals surface area contributed by atoms with Gasteiger partial charge >= 0.3 is 12.6 Å². The van der Waals surface area contributed by atoms with Gasteiger partial charge in [-0.1, -0.05) is 18.2 Å². The molecule has 0 radical (unpaired) electrons. The van der Waals surface area contributed by atoms with Crippen LogP contribution in [0.2, 0.25) is 0 Å². The Hall–Kier alpha value is -1.69. The number of alkyl halides is 2. The number of halogens is 2. The van der Waals surface area contributed by atoms with E-state index in [1.807, 2.05) is 0 Å². The number of rotatable bonds is 6. The fourth-order valence-corrected chi connectivity index (χ4v) is 1.91. The Bertz CT molecular complexity index is 498. The van der Waals surface area contributed by atoms with Gasteiger partial charge in [-0.2, -0.15) is 8.78 Å². The van der Waals surface area contributed by atoms with Gasteiger partial charge in [0.15, 0.2) is 0 Å². The minimum absolute atomic E-state index is 0.100. The molecule has 4 nitrogen and oxygen atoms in total. The monoisotopic (exact) mass is 302 g/mol. The van der Waals surface area contributed by atoms with E-state index in [-0.39, 0.29) is 17.9 Å². The second kappa shape index (κ2) is 6.39. The number of aliphatic hydroxyl groups is 1. The minimum Gasteiger partial charge on any atom is -0.465 e. The summed E-state index contributed by atoms with van der Waals surface area (Å²) >= 11 is 0. The predicted octanol–water partition coefficient (Wildman–Crippen LogP) is 3.08. The van der Waals surface area contributed by atoms with Crippen molar-refractivity contribution in [2.24, 2.45) is 5.41 Å². The molecule has 0 heterocycles. The SMILES string of the molecule is CCOC(=O)C(C)(C)C(C)(O)c1ccccc1OC(F)F. The molecule has 0 aromatic heterocycles. The number of ether oxygens (including phenoxy) is 2. The van der Waals surface area contributed by atoms with E-state index < -0.39 is 23.6 Å². The van der Waals surface area contributed by atoms with Crippen LogP contribution in [0.15, 0.2) is 24.3 Å². The Kier molecular flexibility index (Phi) is 5.28. The first kappa shape index (κ1) is 17.4. The largest absolute Gasteiger partial charge is 0.465 e. The average Bonchev–Trinajstić information content (AvgIpc) is 2.38. The van der Waals surface area contributed by atoms with Crippen molar-refractivity contribution in [1.82, 2.24) is 0 Å². The lowest BCUT2D eigenvalue weighted by atomic mass is 9.71. The predicted molar refractivity (Wildman–Crippen MR) is 73.1 cm³/mol. The zero-order valence-electron chi connectivity index (χ0n) is 12.5. The first-order chi connectivity index (χ1) is 9.64. The van der Waals surface area contributed by atoms with Gasteiger partial charge in [-0.15, -0.1) is 0 Å². The third kappa shape index (κ3) is 3.50. The van der Waals surface area contributed by atoms with E-state index >= 15 is 0 Å². The Labute approximate surface area is 122 Å². The quantitative estimate of drug-likeness (QED) is 0.820. The molecule has 0 saturated heterocycles. The molecule has 0 fully saturated rings. The topological polar surface area (TPSA) is 55.8 Å². The fraction of sp³-hybridized carbons (Fsp3) is 0.533. The summed E-state index contributed by atoms with van der Waals surface area (Å²) in [6.07, 6.45) is 0. The van der Waals surface area contributed by atoms with Gasteiger partial charge in [0.2, 0.25) is 0 Å². The number of esters is 1. The minimum atomic E-state index is -3.02. The molecular weight excluding hydrogens is 282 g/mol. The van der Waals surface area contributed by atoms with Crippen molar-refractivity contribution in [3.05, 3.63) is 29.8 Å². The summed E-state index contributed by atoms with van der Waals surface area (Å²) in [4.78, 5) is 12.0. The van der Waals surface area contributed by atoms with Crippen LogP contribution >= 0.6 is 0 Å². The lowest BCUT2D eigenvalue weighted by molar-refractivity contribution is -0.170. The highest BCUT2D eigenvalue weighted by atomic mass is 19.3. The molecule has 21 heavy (non-hydrogen) atoms. The van der Waals surface area contributed by atoms with Crippen LogP contribution in [-0.2, 0) is 15.1 Å². The molecule has 1 atom stereocenters. The summed E-state index contributed by atoms with van der Waals surface area (Å²) in [5, 5.41) is 10.8. The molecule has 0 saturated carbocycles. The maximum Gasteiger partial charge on any atom is 0.387 e. The standard InChI is InChI=1S/C15H20F2O4/c1-5-20-12(18)14(2,3)15(4,19)10-8-6-7-9-11(10)21-13(16)17/h6-9,13,19H,5H2,1-4H3. The molecule has 1 aromatic rings. The Balaban J connectivity index is 3.26. The van der Waals surface area contributed by atoms with Gasteiger partial charge in [-0.05, 0) is 33.8 Å². The van der Waals surface area contributed by atoms with Crippen LogP contribution in [0.25, 0.3) is 0 Å². The summed E-state index contributed by atoms with van der Waals surface area (Å²) in [7, 11) is 0. The average molecular weight is 302 g/mol. The highest BCUT2D eigenvalue weighted by Crippen LogP contribution is 2.44. The number of benzene rings is 1. The highest BCUT2D eigenvalue weighted by Gasteiger charge is 2.49. The molecule has 1 N–H and O–H groups in total.